The molecule has 5 heteroatoms. The van der Waals surface area contributed by atoms with Gasteiger partial charge in [0.25, 0.3) is 5.91 Å². The maximum atomic E-state index is 13.0. The van der Waals surface area contributed by atoms with E-state index >= 15 is 0 Å². The number of rotatable bonds is 2. The van der Waals surface area contributed by atoms with Gasteiger partial charge in [-0.05, 0) is 54.4 Å². The molecular formula is C13H15BrFNO2. The van der Waals surface area contributed by atoms with E-state index in [0.717, 1.165) is 6.42 Å². The molecule has 2 rings (SSSR count). The summed E-state index contributed by atoms with van der Waals surface area (Å²) in [5.74, 6) is -0.594. The van der Waals surface area contributed by atoms with E-state index < -0.39 is 0 Å². The van der Waals surface area contributed by atoms with E-state index in [9.17, 15) is 9.18 Å². The Morgan fingerprint density at radius 2 is 2.33 bits per heavy atom. The quantitative estimate of drug-likeness (QED) is 0.911. The molecule has 1 aromatic rings. The second kappa shape index (κ2) is 4.97. The molecule has 1 aromatic carbocycles. The Kier molecular flexibility index (Phi) is 3.73. The van der Waals surface area contributed by atoms with E-state index in [1.807, 2.05) is 13.8 Å². The molecule has 1 heterocycles. The van der Waals surface area contributed by atoms with Crippen LogP contribution in [0.3, 0.4) is 0 Å². The third-order valence-corrected chi connectivity index (χ3v) is 4.12. The zero-order valence-corrected chi connectivity index (χ0v) is 11.9. The number of carbonyl (C=O) groups is 1. The van der Waals surface area contributed by atoms with E-state index in [2.05, 4.69) is 21.2 Å². The Morgan fingerprint density at radius 3 is 2.89 bits per heavy atom. The standard InChI is InChI=1S/C13H15BrFNO2/c1-8-13(2,5-6-18-8)16-12(17)10-4-3-9(15)7-11(10)14/h3-4,7-8H,5-6H2,1-2H3,(H,16,17)/t8-,13-/m0/s1. The Hall–Kier alpha value is -0.940. The summed E-state index contributed by atoms with van der Waals surface area (Å²) in [4.78, 5) is 12.2. The Morgan fingerprint density at radius 1 is 1.61 bits per heavy atom. The molecule has 2 atom stereocenters. The van der Waals surface area contributed by atoms with E-state index in [1.165, 1.54) is 18.2 Å². The minimum absolute atomic E-state index is 0.0272. The van der Waals surface area contributed by atoms with Crippen molar-refractivity contribution < 1.29 is 13.9 Å². The maximum absolute atomic E-state index is 13.0. The highest BCUT2D eigenvalue weighted by atomic mass is 79.9. The summed E-state index contributed by atoms with van der Waals surface area (Å²) in [5, 5.41) is 2.97. The fourth-order valence-electron chi connectivity index (χ4n) is 2.00. The van der Waals surface area contributed by atoms with Gasteiger partial charge in [0.1, 0.15) is 5.82 Å². The average molecular weight is 316 g/mol. The first-order valence-electron chi connectivity index (χ1n) is 5.81. The van der Waals surface area contributed by atoms with Gasteiger partial charge in [-0.2, -0.15) is 0 Å². The maximum Gasteiger partial charge on any atom is 0.252 e. The number of nitrogens with one attached hydrogen (secondary N) is 1. The van der Waals surface area contributed by atoms with Crippen molar-refractivity contribution in [1.29, 1.82) is 0 Å². The van der Waals surface area contributed by atoms with Crippen molar-refractivity contribution in [2.24, 2.45) is 0 Å². The van der Waals surface area contributed by atoms with Gasteiger partial charge in [-0.3, -0.25) is 4.79 Å². The van der Waals surface area contributed by atoms with E-state index in [-0.39, 0.29) is 23.4 Å². The van der Waals surface area contributed by atoms with Crippen LogP contribution in [0.15, 0.2) is 22.7 Å². The number of benzene rings is 1. The molecule has 0 aliphatic carbocycles. The highest BCUT2D eigenvalue weighted by Crippen LogP contribution is 2.26. The molecule has 1 aliphatic rings. The second-order valence-corrected chi connectivity index (χ2v) is 5.61. The first kappa shape index (κ1) is 13.5. The first-order valence-corrected chi connectivity index (χ1v) is 6.61. The predicted octanol–water partition coefficient (Wildman–Crippen LogP) is 2.89. The van der Waals surface area contributed by atoms with Crippen LogP contribution in [0.5, 0.6) is 0 Å². The second-order valence-electron chi connectivity index (χ2n) is 4.76. The van der Waals surface area contributed by atoms with E-state index in [4.69, 9.17) is 4.74 Å². The van der Waals surface area contributed by atoms with Gasteiger partial charge in [0, 0.05) is 11.1 Å². The van der Waals surface area contributed by atoms with Gasteiger partial charge in [-0.1, -0.05) is 0 Å². The minimum atomic E-state index is -0.373. The van der Waals surface area contributed by atoms with Gasteiger partial charge < -0.3 is 10.1 Å². The van der Waals surface area contributed by atoms with Gasteiger partial charge >= 0.3 is 0 Å². The van der Waals surface area contributed by atoms with Crippen LogP contribution in [0, 0.1) is 5.82 Å². The van der Waals surface area contributed by atoms with Crippen LogP contribution in [0.1, 0.15) is 30.6 Å². The molecule has 0 spiro atoms. The van der Waals surface area contributed by atoms with E-state index in [1.54, 1.807) is 0 Å². The predicted molar refractivity (Wildman–Crippen MR) is 70.0 cm³/mol. The molecule has 1 N–H and O–H groups in total. The number of amides is 1. The number of halogens is 2. The van der Waals surface area contributed by atoms with Crippen molar-refractivity contribution in [3.63, 3.8) is 0 Å². The molecule has 0 radical (unpaired) electrons. The Labute approximate surface area is 114 Å². The third-order valence-electron chi connectivity index (χ3n) is 3.46. The summed E-state index contributed by atoms with van der Waals surface area (Å²) in [6.07, 6.45) is 0.749. The summed E-state index contributed by atoms with van der Waals surface area (Å²) in [5.41, 5.74) is 0.0574. The van der Waals surface area contributed by atoms with Gasteiger partial charge in [0.2, 0.25) is 0 Å². The van der Waals surface area contributed by atoms with Crippen LogP contribution < -0.4 is 5.32 Å². The molecule has 0 saturated carbocycles. The minimum Gasteiger partial charge on any atom is -0.376 e. The van der Waals surface area contributed by atoms with Gasteiger partial charge in [-0.15, -0.1) is 0 Å². The number of hydrogen-bond donors (Lipinski definition) is 1. The van der Waals surface area contributed by atoms with Crippen LogP contribution in [0.25, 0.3) is 0 Å². The highest BCUT2D eigenvalue weighted by molar-refractivity contribution is 9.10. The lowest BCUT2D eigenvalue weighted by molar-refractivity contribution is 0.0727. The lowest BCUT2D eigenvalue weighted by Gasteiger charge is -2.29. The fourth-order valence-corrected chi connectivity index (χ4v) is 2.53. The molecule has 0 aromatic heterocycles. The van der Waals surface area contributed by atoms with Gasteiger partial charge in [0.15, 0.2) is 0 Å². The van der Waals surface area contributed by atoms with Crippen molar-refractivity contribution in [2.45, 2.75) is 31.9 Å². The first-order chi connectivity index (χ1) is 8.42. The van der Waals surface area contributed by atoms with Crippen LogP contribution in [0.4, 0.5) is 4.39 Å². The topological polar surface area (TPSA) is 38.3 Å². The molecule has 98 valence electrons. The molecule has 0 bridgehead atoms. The zero-order valence-electron chi connectivity index (χ0n) is 10.3. The molecule has 1 fully saturated rings. The summed E-state index contributed by atoms with van der Waals surface area (Å²) < 4.78 is 18.9. The lowest BCUT2D eigenvalue weighted by atomic mass is 9.94. The fraction of sp³-hybridized carbons (Fsp3) is 0.462. The van der Waals surface area contributed by atoms with Gasteiger partial charge in [0.05, 0.1) is 17.2 Å². The summed E-state index contributed by atoms with van der Waals surface area (Å²) in [6.45, 7) is 4.54. The summed E-state index contributed by atoms with van der Waals surface area (Å²) in [6, 6.07) is 4.03. The Bertz CT molecular complexity index is 480. The van der Waals surface area contributed by atoms with Crippen molar-refractivity contribution in [1.82, 2.24) is 5.32 Å². The molecule has 18 heavy (non-hydrogen) atoms. The van der Waals surface area contributed by atoms with Crippen molar-refractivity contribution in [2.75, 3.05) is 6.61 Å². The zero-order chi connectivity index (χ0) is 13.3. The monoisotopic (exact) mass is 315 g/mol. The molecular weight excluding hydrogens is 301 g/mol. The number of hydrogen-bond acceptors (Lipinski definition) is 2. The van der Waals surface area contributed by atoms with Crippen LogP contribution in [-0.2, 0) is 4.74 Å². The molecule has 3 nitrogen and oxygen atoms in total. The molecule has 1 amide bonds. The molecule has 0 unspecified atom stereocenters. The van der Waals surface area contributed by atoms with E-state index in [0.29, 0.717) is 16.6 Å². The molecule has 1 saturated heterocycles. The van der Waals surface area contributed by atoms with Crippen LogP contribution in [0.2, 0.25) is 0 Å². The highest BCUT2D eigenvalue weighted by Gasteiger charge is 2.38. The van der Waals surface area contributed by atoms with Crippen molar-refractivity contribution in [3.8, 4) is 0 Å². The molecule has 1 aliphatic heterocycles. The Balaban J connectivity index is 2.17. The smallest absolute Gasteiger partial charge is 0.252 e. The number of ether oxygens (including phenoxy) is 1. The van der Waals surface area contributed by atoms with Crippen molar-refractivity contribution >= 4 is 21.8 Å². The SMILES string of the molecule is C[C@@H]1OCC[C@]1(C)NC(=O)c1ccc(F)cc1Br. The lowest BCUT2D eigenvalue weighted by Crippen LogP contribution is -2.50. The van der Waals surface area contributed by atoms with Crippen molar-refractivity contribution in [3.05, 3.63) is 34.1 Å². The summed E-state index contributed by atoms with van der Waals surface area (Å²) in [7, 11) is 0. The normalized spacial score (nSPS) is 27.2. The average Bonchev–Trinajstić information content (AvgIpc) is 2.58. The largest absolute Gasteiger partial charge is 0.376 e. The summed E-state index contributed by atoms with van der Waals surface area (Å²) >= 11 is 3.20. The number of carbonyl (C=O) groups excluding carboxylic acids is 1. The van der Waals surface area contributed by atoms with Gasteiger partial charge in [-0.25, -0.2) is 4.39 Å². The third kappa shape index (κ3) is 2.57. The van der Waals surface area contributed by atoms with Crippen LogP contribution in [-0.4, -0.2) is 24.2 Å². The van der Waals surface area contributed by atoms with Crippen LogP contribution >= 0.6 is 15.9 Å².